The van der Waals surface area contributed by atoms with Gasteiger partial charge < -0.3 is 14.4 Å². The van der Waals surface area contributed by atoms with Crippen LogP contribution >= 0.6 is 0 Å². The highest BCUT2D eigenvalue weighted by Gasteiger charge is 2.22. The third-order valence-electron chi connectivity index (χ3n) is 3.20. The van der Waals surface area contributed by atoms with Gasteiger partial charge in [0.05, 0.1) is 16.9 Å². The van der Waals surface area contributed by atoms with Crippen molar-refractivity contribution in [2.75, 3.05) is 6.61 Å². The van der Waals surface area contributed by atoms with Crippen LogP contribution < -0.4 is 10.2 Å². The number of ether oxygens (including phenoxy) is 1. The molecule has 0 saturated heterocycles. The van der Waals surface area contributed by atoms with E-state index in [1.54, 1.807) is 22.8 Å². The van der Waals surface area contributed by atoms with Gasteiger partial charge in [0.15, 0.2) is 0 Å². The van der Waals surface area contributed by atoms with Gasteiger partial charge in [0, 0.05) is 6.20 Å². The lowest BCUT2D eigenvalue weighted by Gasteiger charge is -2.26. The fourth-order valence-corrected chi connectivity index (χ4v) is 2.29. The van der Waals surface area contributed by atoms with Crippen molar-refractivity contribution < 1.29 is 14.6 Å². The van der Waals surface area contributed by atoms with E-state index in [4.69, 9.17) is 9.84 Å². The number of aromatic carboxylic acids is 1. The van der Waals surface area contributed by atoms with Crippen LogP contribution in [0, 0.1) is 0 Å². The number of carbonyl (C=O) groups is 1. The molecule has 1 aliphatic heterocycles. The Bertz CT molecular complexity index is 717. The fraction of sp³-hybridized carbons (Fsp3) is 0.231. The van der Waals surface area contributed by atoms with Gasteiger partial charge in [-0.2, -0.15) is 0 Å². The summed E-state index contributed by atoms with van der Waals surface area (Å²) in [5, 5.41) is 9.46. The van der Waals surface area contributed by atoms with Crippen molar-refractivity contribution in [1.82, 2.24) is 4.57 Å². The number of rotatable bonds is 1. The zero-order valence-electron chi connectivity index (χ0n) is 9.71. The number of pyridine rings is 1. The van der Waals surface area contributed by atoms with Crippen LogP contribution in [0.5, 0.6) is 5.75 Å². The van der Waals surface area contributed by atoms with E-state index < -0.39 is 11.4 Å². The molecule has 0 fully saturated rings. The third kappa shape index (κ3) is 1.33. The molecule has 0 bridgehead atoms. The molecule has 1 aliphatic rings. The molecule has 0 saturated carbocycles. The molecule has 1 atom stereocenters. The molecule has 0 unspecified atom stereocenters. The lowest BCUT2D eigenvalue weighted by atomic mass is 10.1. The number of benzene rings is 1. The van der Waals surface area contributed by atoms with Crippen molar-refractivity contribution in [3.05, 3.63) is 40.2 Å². The van der Waals surface area contributed by atoms with Crippen LogP contribution in [0.4, 0.5) is 0 Å². The zero-order valence-corrected chi connectivity index (χ0v) is 9.71. The van der Waals surface area contributed by atoms with E-state index in [2.05, 4.69) is 0 Å². The first-order chi connectivity index (χ1) is 8.59. The van der Waals surface area contributed by atoms with Crippen LogP contribution in [0.15, 0.2) is 29.2 Å². The first-order valence-electron chi connectivity index (χ1n) is 5.63. The number of hydrogen-bond donors (Lipinski definition) is 1. The molecule has 1 N–H and O–H groups in total. The second kappa shape index (κ2) is 3.60. The van der Waals surface area contributed by atoms with Crippen molar-refractivity contribution in [3.63, 3.8) is 0 Å². The van der Waals surface area contributed by atoms with Crippen molar-refractivity contribution in [1.29, 1.82) is 0 Å². The number of carboxylic acids is 1. The quantitative estimate of drug-likeness (QED) is 0.829. The van der Waals surface area contributed by atoms with Crippen LogP contribution in [-0.4, -0.2) is 22.2 Å². The van der Waals surface area contributed by atoms with Crippen LogP contribution in [0.25, 0.3) is 10.9 Å². The number of hydrogen-bond acceptors (Lipinski definition) is 3. The molecule has 18 heavy (non-hydrogen) atoms. The van der Waals surface area contributed by atoms with Crippen LogP contribution in [0.1, 0.15) is 23.3 Å². The normalized spacial score (nSPS) is 17.5. The Morgan fingerprint density at radius 3 is 3.00 bits per heavy atom. The van der Waals surface area contributed by atoms with Crippen molar-refractivity contribution in [3.8, 4) is 5.75 Å². The summed E-state index contributed by atoms with van der Waals surface area (Å²) in [5.41, 5.74) is 0.00736. The van der Waals surface area contributed by atoms with Crippen molar-refractivity contribution in [2.45, 2.75) is 13.0 Å². The number of carboxylic acid groups (broad SMARTS) is 1. The molecule has 3 rings (SSSR count). The standard InChI is InChI=1S/C13H11NO4/c1-7-6-18-10-4-2-3-8-11(10)14(7)5-9(12(8)15)13(16)17/h2-5,7H,6H2,1H3,(H,16,17)/t7-/m0/s1. The number of nitrogens with zero attached hydrogens (tertiary/aromatic N) is 1. The van der Waals surface area contributed by atoms with Gasteiger partial charge in [-0.15, -0.1) is 0 Å². The van der Waals surface area contributed by atoms with Crippen LogP contribution in [0.2, 0.25) is 0 Å². The van der Waals surface area contributed by atoms with Gasteiger partial charge in [0.2, 0.25) is 5.43 Å². The maximum atomic E-state index is 12.1. The monoisotopic (exact) mass is 245 g/mol. The SMILES string of the molecule is C[C@H]1COc2cccc3c(=O)c(C(=O)O)cn1c23. The van der Waals surface area contributed by atoms with Crippen molar-refractivity contribution in [2.24, 2.45) is 0 Å². The van der Waals surface area contributed by atoms with E-state index in [-0.39, 0.29) is 11.6 Å². The molecule has 1 aromatic heterocycles. The Hall–Kier alpha value is -2.30. The number of para-hydroxylation sites is 1. The van der Waals surface area contributed by atoms with Crippen LogP contribution in [-0.2, 0) is 0 Å². The van der Waals surface area contributed by atoms with E-state index >= 15 is 0 Å². The molecule has 92 valence electrons. The highest BCUT2D eigenvalue weighted by Crippen LogP contribution is 2.31. The Labute approximate surface area is 102 Å². The summed E-state index contributed by atoms with van der Waals surface area (Å²) in [6, 6.07) is 5.11. The number of aromatic nitrogens is 1. The summed E-state index contributed by atoms with van der Waals surface area (Å²) >= 11 is 0. The second-order valence-electron chi connectivity index (χ2n) is 4.40. The van der Waals surface area contributed by atoms with E-state index in [0.717, 1.165) is 0 Å². The lowest BCUT2D eigenvalue weighted by molar-refractivity contribution is 0.0694. The van der Waals surface area contributed by atoms with E-state index in [0.29, 0.717) is 23.3 Å². The van der Waals surface area contributed by atoms with Gasteiger partial charge in [-0.25, -0.2) is 4.79 Å². The van der Waals surface area contributed by atoms with E-state index in [9.17, 15) is 9.59 Å². The molecule has 0 amide bonds. The summed E-state index contributed by atoms with van der Waals surface area (Å²) in [6.07, 6.45) is 1.41. The van der Waals surface area contributed by atoms with Gasteiger partial charge in [0.1, 0.15) is 17.9 Å². The largest absolute Gasteiger partial charge is 0.489 e. The third-order valence-corrected chi connectivity index (χ3v) is 3.20. The van der Waals surface area contributed by atoms with Crippen molar-refractivity contribution >= 4 is 16.9 Å². The van der Waals surface area contributed by atoms with Gasteiger partial charge in [-0.1, -0.05) is 6.07 Å². The molecule has 2 aromatic rings. The Balaban J connectivity index is 2.52. The first-order valence-corrected chi connectivity index (χ1v) is 5.63. The summed E-state index contributed by atoms with van der Waals surface area (Å²) in [6.45, 7) is 2.39. The molecule has 0 radical (unpaired) electrons. The predicted molar refractivity (Wildman–Crippen MR) is 65.4 cm³/mol. The fourth-order valence-electron chi connectivity index (χ4n) is 2.29. The molecular weight excluding hydrogens is 234 g/mol. The molecule has 5 nitrogen and oxygen atoms in total. The predicted octanol–water partition coefficient (Wildman–Crippen LogP) is 1.65. The first kappa shape index (κ1) is 10.8. The molecular formula is C13H11NO4. The molecule has 2 heterocycles. The minimum atomic E-state index is -1.20. The van der Waals surface area contributed by atoms with E-state index in [1.165, 1.54) is 6.20 Å². The summed E-state index contributed by atoms with van der Waals surface area (Å²) < 4.78 is 7.36. The Kier molecular flexibility index (Phi) is 2.16. The molecule has 5 heteroatoms. The average molecular weight is 245 g/mol. The topological polar surface area (TPSA) is 68.5 Å². The maximum Gasteiger partial charge on any atom is 0.341 e. The second-order valence-corrected chi connectivity index (χ2v) is 4.40. The zero-order chi connectivity index (χ0) is 12.9. The highest BCUT2D eigenvalue weighted by atomic mass is 16.5. The summed E-state index contributed by atoms with van der Waals surface area (Å²) in [7, 11) is 0. The van der Waals surface area contributed by atoms with Gasteiger partial charge in [-0.05, 0) is 19.1 Å². The molecule has 0 aliphatic carbocycles. The van der Waals surface area contributed by atoms with Gasteiger partial charge >= 0.3 is 5.97 Å². The van der Waals surface area contributed by atoms with E-state index in [1.807, 2.05) is 6.92 Å². The Morgan fingerprint density at radius 1 is 1.50 bits per heavy atom. The molecule has 1 aromatic carbocycles. The Morgan fingerprint density at radius 2 is 2.28 bits per heavy atom. The van der Waals surface area contributed by atoms with Gasteiger partial charge in [0.25, 0.3) is 0 Å². The summed E-state index contributed by atoms with van der Waals surface area (Å²) in [5.74, 6) is -0.575. The van der Waals surface area contributed by atoms with Crippen LogP contribution in [0.3, 0.4) is 0 Å². The molecule has 0 spiro atoms. The van der Waals surface area contributed by atoms with Gasteiger partial charge in [-0.3, -0.25) is 4.79 Å². The lowest BCUT2D eigenvalue weighted by Crippen LogP contribution is -2.26. The summed E-state index contributed by atoms with van der Waals surface area (Å²) in [4.78, 5) is 23.2. The minimum absolute atomic E-state index is 0.00102. The minimum Gasteiger partial charge on any atom is -0.489 e. The highest BCUT2D eigenvalue weighted by molar-refractivity contribution is 5.94. The maximum absolute atomic E-state index is 12.1. The smallest absolute Gasteiger partial charge is 0.341 e. The average Bonchev–Trinajstić information content (AvgIpc) is 2.35.